The second kappa shape index (κ2) is 6.98. The maximum Gasteiger partial charge on any atom is 0.166 e. The Kier molecular flexibility index (Phi) is 6.34. The second-order valence-corrected chi connectivity index (χ2v) is 3.47. The second-order valence-electron chi connectivity index (χ2n) is 3.47. The van der Waals surface area contributed by atoms with Crippen molar-refractivity contribution in [1.82, 2.24) is 0 Å². The molecule has 0 unspecified atom stereocenters. The van der Waals surface area contributed by atoms with E-state index in [2.05, 4.69) is 19.7 Å². The molecule has 0 aromatic heterocycles. The zero-order valence-electron chi connectivity index (χ0n) is 9.84. The van der Waals surface area contributed by atoms with E-state index in [1.807, 2.05) is 0 Å². The summed E-state index contributed by atoms with van der Waals surface area (Å²) < 4.78 is 16.0. The van der Waals surface area contributed by atoms with Crippen molar-refractivity contribution >= 4 is 0 Å². The molecule has 0 aliphatic rings. The summed E-state index contributed by atoms with van der Waals surface area (Å²) in [5.41, 5.74) is 0. The van der Waals surface area contributed by atoms with Crippen LogP contribution in [0.3, 0.4) is 0 Å². The lowest BCUT2D eigenvalue weighted by atomic mass is 10.4. The van der Waals surface area contributed by atoms with Gasteiger partial charge in [0.25, 0.3) is 0 Å². The van der Waals surface area contributed by atoms with Gasteiger partial charge in [0.15, 0.2) is 6.10 Å². The summed E-state index contributed by atoms with van der Waals surface area (Å²) in [5, 5.41) is 0. The highest BCUT2D eigenvalue weighted by atomic mass is 16.6. The maximum absolute atomic E-state index is 5.42. The molecule has 3 nitrogen and oxygen atoms in total. The molecule has 86 valence electrons. The summed E-state index contributed by atoms with van der Waals surface area (Å²) in [7, 11) is 0. The van der Waals surface area contributed by atoms with Crippen molar-refractivity contribution in [2.45, 2.75) is 26.9 Å². The van der Waals surface area contributed by atoms with Gasteiger partial charge in [0.2, 0.25) is 0 Å². The molecular weight excluding hydrogens is 192 g/mol. The van der Waals surface area contributed by atoms with Crippen LogP contribution in [0.15, 0.2) is 37.0 Å². The van der Waals surface area contributed by atoms with Crippen molar-refractivity contribution in [2.24, 2.45) is 0 Å². The van der Waals surface area contributed by atoms with E-state index < -0.39 is 0 Å². The predicted molar refractivity (Wildman–Crippen MR) is 61.2 cm³/mol. The Bertz CT molecular complexity index is 225. The number of allylic oxidation sites excluding steroid dienone is 3. The van der Waals surface area contributed by atoms with Gasteiger partial charge in [-0.25, -0.2) is 0 Å². The van der Waals surface area contributed by atoms with Gasteiger partial charge in [-0.1, -0.05) is 19.7 Å². The van der Waals surface area contributed by atoms with E-state index in [0.717, 1.165) is 0 Å². The van der Waals surface area contributed by atoms with Gasteiger partial charge < -0.3 is 14.2 Å². The predicted octanol–water partition coefficient (Wildman–Crippen LogP) is 3.01. The first kappa shape index (κ1) is 13.6. The van der Waals surface area contributed by atoms with Crippen LogP contribution in [0.5, 0.6) is 0 Å². The fourth-order valence-corrected chi connectivity index (χ4v) is 0.871. The van der Waals surface area contributed by atoms with Crippen molar-refractivity contribution in [3.63, 3.8) is 0 Å². The summed E-state index contributed by atoms with van der Waals surface area (Å²) in [6.45, 7) is 17.1. The van der Waals surface area contributed by atoms with E-state index in [9.17, 15) is 0 Å². The first-order valence-electron chi connectivity index (χ1n) is 4.80. The number of hydrogen-bond donors (Lipinski definition) is 0. The molecule has 15 heavy (non-hydrogen) atoms. The molecular formula is C12H20O3. The molecule has 0 saturated carbocycles. The van der Waals surface area contributed by atoms with Crippen LogP contribution in [0.4, 0.5) is 0 Å². The van der Waals surface area contributed by atoms with Gasteiger partial charge in [0.1, 0.15) is 13.2 Å². The van der Waals surface area contributed by atoms with Crippen molar-refractivity contribution in [3.05, 3.63) is 37.0 Å². The minimum absolute atomic E-state index is 0.184. The summed E-state index contributed by atoms with van der Waals surface area (Å²) in [6.07, 6.45) is -0.184. The van der Waals surface area contributed by atoms with Crippen LogP contribution in [0.2, 0.25) is 0 Å². The normalized spacial score (nSPS) is 9.60. The molecule has 0 aliphatic carbocycles. The third-order valence-electron chi connectivity index (χ3n) is 1.40. The maximum atomic E-state index is 5.42. The van der Waals surface area contributed by atoms with E-state index in [1.54, 1.807) is 20.8 Å². The van der Waals surface area contributed by atoms with Gasteiger partial charge in [-0.05, 0) is 20.8 Å². The molecule has 0 amide bonds. The molecule has 0 spiro atoms. The molecule has 0 N–H and O–H groups in total. The quantitative estimate of drug-likeness (QED) is 0.579. The highest BCUT2D eigenvalue weighted by molar-refractivity contribution is 4.81. The lowest BCUT2D eigenvalue weighted by molar-refractivity contribution is -0.00195. The molecule has 3 heteroatoms. The summed E-state index contributed by atoms with van der Waals surface area (Å²) >= 11 is 0. The average Bonchev–Trinajstić information content (AvgIpc) is 2.08. The van der Waals surface area contributed by atoms with Gasteiger partial charge in [0, 0.05) is 0 Å². The first-order valence-corrected chi connectivity index (χ1v) is 4.80. The highest BCUT2D eigenvalue weighted by Gasteiger charge is 2.11. The zero-order valence-corrected chi connectivity index (χ0v) is 9.84. The molecule has 0 atom stereocenters. The topological polar surface area (TPSA) is 27.7 Å². The van der Waals surface area contributed by atoms with Crippen LogP contribution in [0.25, 0.3) is 0 Å². The van der Waals surface area contributed by atoms with Gasteiger partial charge in [-0.15, -0.1) is 0 Å². The monoisotopic (exact) mass is 212 g/mol. The summed E-state index contributed by atoms with van der Waals surface area (Å²) in [6, 6.07) is 0. The van der Waals surface area contributed by atoms with E-state index in [1.165, 1.54) is 0 Å². The van der Waals surface area contributed by atoms with Crippen LogP contribution in [-0.2, 0) is 14.2 Å². The average molecular weight is 212 g/mol. The fraction of sp³-hybridized carbons (Fsp3) is 0.500. The Morgan fingerprint density at radius 1 is 0.867 bits per heavy atom. The fourth-order valence-electron chi connectivity index (χ4n) is 0.871. The van der Waals surface area contributed by atoms with E-state index in [4.69, 9.17) is 14.2 Å². The molecule has 0 aliphatic heterocycles. The number of ether oxygens (including phenoxy) is 3. The highest BCUT2D eigenvalue weighted by Crippen LogP contribution is 2.05. The third-order valence-corrected chi connectivity index (χ3v) is 1.40. The van der Waals surface area contributed by atoms with Crippen molar-refractivity contribution in [2.75, 3.05) is 13.2 Å². The van der Waals surface area contributed by atoms with E-state index in [-0.39, 0.29) is 6.10 Å². The van der Waals surface area contributed by atoms with Crippen LogP contribution in [0.1, 0.15) is 20.8 Å². The largest absolute Gasteiger partial charge is 0.495 e. The Morgan fingerprint density at radius 2 is 1.27 bits per heavy atom. The van der Waals surface area contributed by atoms with Crippen LogP contribution < -0.4 is 0 Å². The summed E-state index contributed by atoms with van der Waals surface area (Å²) in [4.78, 5) is 0. The third kappa shape index (κ3) is 8.94. The molecule has 0 radical (unpaired) electrons. The van der Waals surface area contributed by atoms with E-state index in [0.29, 0.717) is 30.5 Å². The molecule has 0 saturated heterocycles. The van der Waals surface area contributed by atoms with Crippen LogP contribution in [-0.4, -0.2) is 19.3 Å². The van der Waals surface area contributed by atoms with Gasteiger partial charge in [-0.3, -0.25) is 0 Å². The Morgan fingerprint density at radius 3 is 1.53 bits per heavy atom. The van der Waals surface area contributed by atoms with Crippen molar-refractivity contribution < 1.29 is 14.2 Å². The smallest absolute Gasteiger partial charge is 0.166 e. The zero-order chi connectivity index (χ0) is 11.8. The molecule has 0 fully saturated rings. The molecule has 0 rings (SSSR count). The molecule has 0 heterocycles. The first-order chi connectivity index (χ1) is 6.91. The van der Waals surface area contributed by atoms with Crippen LogP contribution in [0, 0.1) is 0 Å². The minimum Gasteiger partial charge on any atom is -0.495 e. The Hall–Kier alpha value is -1.38. The van der Waals surface area contributed by atoms with Crippen molar-refractivity contribution in [1.29, 1.82) is 0 Å². The van der Waals surface area contributed by atoms with Gasteiger partial charge in [-0.2, -0.15) is 0 Å². The van der Waals surface area contributed by atoms with E-state index >= 15 is 0 Å². The minimum atomic E-state index is -0.184. The van der Waals surface area contributed by atoms with Crippen LogP contribution >= 0.6 is 0 Å². The lowest BCUT2D eigenvalue weighted by Gasteiger charge is -2.20. The number of rotatable bonds is 8. The standard InChI is InChI=1S/C12H20O3/c1-9(2)13-7-12(15-11(5)6)8-14-10(3)4/h12H,1,3,5,7-8H2,2,4,6H3. The Labute approximate surface area is 92.0 Å². The van der Waals surface area contributed by atoms with Gasteiger partial charge >= 0.3 is 0 Å². The molecule has 0 aromatic carbocycles. The summed E-state index contributed by atoms with van der Waals surface area (Å²) in [5.74, 6) is 1.94. The molecule has 0 bridgehead atoms. The number of hydrogen-bond acceptors (Lipinski definition) is 3. The van der Waals surface area contributed by atoms with Gasteiger partial charge in [0.05, 0.1) is 17.3 Å². The Balaban J connectivity index is 3.99. The lowest BCUT2D eigenvalue weighted by Crippen LogP contribution is -2.24. The SMILES string of the molecule is C=C(C)OCC(COC(=C)C)OC(=C)C. The van der Waals surface area contributed by atoms with Crippen molar-refractivity contribution in [3.8, 4) is 0 Å². The molecule has 0 aromatic rings.